The molecule has 0 aromatic carbocycles. The number of halogens is 5. The lowest BCUT2D eigenvalue weighted by molar-refractivity contribution is -0.154. The van der Waals surface area contributed by atoms with Crippen molar-refractivity contribution in [3.63, 3.8) is 0 Å². The van der Waals surface area contributed by atoms with Crippen LogP contribution in [0.4, 0.5) is 13.2 Å². The van der Waals surface area contributed by atoms with Crippen molar-refractivity contribution >= 4 is 30.7 Å². The maximum absolute atomic E-state index is 12.2. The lowest BCUT2D eigenvalue weighted by atomic mass is 10.1. The van der Waals surface area contributed by atoms with Gasteiger partial charge in [0.2, 0.25) is 5.88 Å². The molecule has 1 saturated heterocycles. The first-order valence-corrected chi connectivity index (χ1v) is 6.68. The average molecular weight is 392 g/mol. The highest BCUT2D eigenvalue weighted by atomic mass is 35.5. The molecule has 1 aromatic heterocycles. The van der Waals surface area contributed by atoms with E-state index in [1.54, 1.807) is 0 Å². The van der Waals surface area contributed by atoms with Gasteiger partial charge in [-0.15, -0.1) is 24.8 Å². The summed E-state index contributed by atoms with van der Waals surface area (Å²) in [7, 11) is 0. The number of aliphatic hydroxyl groups is 1. The number of pyridine rings is 1. The summed E-state index contributed by atoms with van der Waals surface area (Å²) < 4.78 is 41.1. The van der Waals surface area contributed by atoms with Gasteiger partial charge in [-0.25, -0.2) is 4.98 Å². The number of hydrogen-bond donors (Lipinski definition) is 3. The molecule has 1 aromatic rings. The Labute approximate surface area is 149 Å². The van der Waals surface area contributed by atoms with Crippen molar-refractivity contribution in [3.05, 3.63) is 23.9 Å². The Bertz CT molecular complexity index is 535. The van der Waals surface area contributed by atoms with Crippen LogP contribution in [0.3, 0.4) is 0 Å². The Kier molecular flexibility index (Phi) is 9.34. The number of carbonyl (C=O) groups excluding carboxylic acids is 1. The second-order valence-corrected chi connectivity index (χ2v) is 4.96. The van der Waals surface area contributed by atoms with Crippen molar-refractivity contribution in [1.29, 1.82) is 0 Å². The molecule has 2 unspecified atom stereocenters. The fourth-order valence-corrected chi connectivity index (χ4v) is 2.08. The van der Waals surface area contributed by atoms with Gasteiger partial charge in [-0.05, 0) is 12.1 Å². The molecular weight excluding hydrogens is 374 g/mol. The lowest BCUT2D eigenvalue weighted by Crippen LogP contribution is -2.34. The molecular formula is C13H18Cl2F3N3O3. The van der Waals surface area contributed by atoms with Crippen molar-refractivity contribution in [3.8, 4) is 5.88 Å². The summed E-state index contributed by atoms with van der Waals surface area (Å²) in [6, 6.07) is 2.76. The molecule has 0 radical (unpaired) electrons. The molecule has 24 heavy (non-hydrogen) atoms. The zero-order valence-electron chi connectivity index (χ0n) is 12.4. The minimum Gasteiger partial charge on any atom is -0.467 e. The van der Waals surface area contributed by atoms with Crippen LogP contribution in [0.15, 0.2) is 18.3 Å². The van der Waals surface area contributed by atoms with Crippen LogP contribution in [0.2, 0.25) is 0 Å². The topological polar surface area (TPSA) is 83.5 Å². The van der Waals surface area contributed by atoms with Crippen LogP contribution in [0.5, 0.6) is 5.88 Å². The van der Waals surface area contributed by atoms with Gasteiger partial charge in [0.05, 0.1) is 6.10 Å². The third kappa shape index (κ3) is 6.68. The molecule has 11 heteroatoms. The van der Waals surface area contributed by atoms with Crippen molar-refractivity contribution in [1.82, 2.24) is 15.6 Å². The standard InChI is InChI=1S/C13H16F3N3O3.2ClH/c14-13(15,16)7-22-12-9(2-1-3-18-12)11(21)19-5-8-4-17-6-10(8)20;;/h1-3,8,10,17,20H,4-7H2,(H,19,21);2*1H. The predicted molar refractivity (Wildman–Crippen MR) is 85.0 cm³/mol. The first-order chi connectivity index (χ1) is 10.4. The molecule has 2 atom stereocenters. The third-order valence-corrected chi connectivity index (χ3v) is 3.22. The van der Waals surface area contributed by atoms with Crippen LogP contribution in [0.25, 0.3) is 0 Å². The van der Waals surface area contributed by atoms with Crippen molar-refractivity contribution < 1.29 is 27.8 Å². The normalized spacial score (nSPS) is 19.8. The van der Waals surface area contributed by atoms with Gasteiger partial charge in [0.1, 0.15) is 5.56 Å². The monoisotopic (exact) mass is 391 g/mol. The molecule has 2 heterocycles. The molecule has 0 bridgehead atoms. The van der Waals surface area contributed by atoms with Gasteiger partial charge in [-0.2, -0.15) is 13.2 Å². The molecule has 3 N–H and O–H groups in total. The van der Waals surface area contributed by atoms with Crippen LogP contribution >= 0.6 is 24.8 Å². The van der Waals surface area contributed by atoms with Crippen LogP contribution < -0.4 is 15.4 Å². The quantitative estimate of drug-likeness (QED) is 0.701. The molecule has 0 aliphatic carbocycles. The van der Waals surface area contributed by atoms with E-state index in [2.05, 4.69) is 20.4 Å². The molecule has 6 nitrogen and oxygen atoms in total. The number of aliphatic hydroxyl groups excluding tert-OH is 1. The minimum absolute atomic E-state index is 0. The van der Waals surface area contributed by atoms with Crippen LogP contribution in [-0.2, 0) is 0 Å². The van der Waals surface area contributed by atoms with Crippen molar-refractivity contribution in [2.75, 3.05) is 26.2 Å². The summed E-state index contributed by atoms with van der Waals surface area (Å²) in [4.78, 5) is 15.7. The highest BCUT2D eigenvalue weighted by Gasteiger charge is 2.30. The summed E-state index contributed by atoms with van der Waals surface area (Å²) in [6.07, 6.45) is -3.83. The van der Waals surface area contributed by atoms with Gasteiger partial charge in [0, 0.05) is 31.7 Å². The lowest BCUT2D eigenvalue weighted by Gasteiger charge is -2.15. The molecule has 138 valence electrons. The molecule has 0 spiro atoms. The van der Waals surface area contributed by atoms with Gasteiger partial charge in [-0.1, -0.05) is 0 Å². The number of amides is 1. The summed E-state index contributed by atoms with van der Waals surface area (Å²) in [6.45, 7) is -0.296. The smallest absolute Gasteiger partial charge is 0.422 e. The maximum Gasteiger partial charge on any atom is 0.422 e. The number of alkyl halides is 3. The zero-order chi connectivity index (χ0) is 16.2. The van der Waals surface area contributed by atoms with Crippen molar-refractivity contribution in [2.24, 2.45) is 5.92 Å². The van der Waals surface area contributed by atoms with E-state index in [4.69, 9.17) is 0 Å². The molecule has 1 aliphatic rings. The van der Waals surface area contributed by atoms with E-state index in [0.717, 1.165) is 0 Å². The van der Waals surface area contributed by atoms with E-state index < -0.39 is 24.8 Å². The van der Waals surface area contributed by atoms with Gasteiger partial charge >= 0.3 is 6.18 Å². The minimum atomic E-state index is -4.51. The zero-order valence-corrected chi connectivity index (χ0v) is 14.0. The average Bonchev–Trinajstić information content (AvgIpc) is 2.87. The van der Waals surface area contributed by atoms with Crippen molar-refractivity contribution in [2.45, 2.75) is 12.3 Å². The highest BCUT2D eigenvalue weighted by Crippen LogP contribution is 2.20. The Morgan fingerprint density at radius 3 is 2.71 bits per heavy atom. The van der Waals surface area contributed by atoms with E-state index in [1.807, 2.05) is 0 Å². The Hall–Kier alpha value is -1.29. The maximum atomic E-state index is 12.2. The highest BCUT2D eigenvalue weighted by molar-refractivity contribution is 5.96. The predicted octanol–water partition coefficient (Wildman–Crippen LogP) is 1.18. The van der Waals surface area contributed by atoms with E-state index in [9.17, 15) is 23.1 Å². The summed E-state index contributed by atoms with van der Waals surface area (Å²) in [5.41, 5.74) is -0.0767. The van der Waals surface area contributed by atoms with Gasteiger partial charge in [0.15, 0.2) is 6.61 Å². The molecule has 1 fully saturated rings. The first-order valence-electron chi connectivity index (χ1n) is 6.68. The summed E-state index contributed by atoms with van der Waals surface area (Å²) in [5.74, 6) is -1.10. The van der Waals surface area contributed by atoms with E-state index in [0.29, 0.717) is 13.1 Å². The van der Waals surface area contributed by atoms with E-state index in [1.165, 1.54) is 18.3 Å². The second-order valence-electron chi connectivity index (χ2n) is 4.96. The van der Waals surface area contributed by atoms with Gasteiger partial charge < -0.3 is 20.5 Å². The van der Waals surface area contributed by atoms with Crippen LogP contribution in [-0.4, -0.2) is 54.5 Å². The van der Waals surface area contributed by atoms with E-state index in [-0.39, 0.29) is 48.7 Å². The Morgan fingerprint density at radius 2 is 2.12 bits per heavy atom. The SMILES string of the molecule is Cl.Cl.O=C(NCC1CNCC1O)c1cccnc1OCC(F)(F)F. The number of hydrogen-bond acceptors (Lipinski definition) is 5. The summed E-state index contributed by atoms with van der Waals surface area (Å²) in [5, 5.41) is 15.2. The third-order valence-electron chi connectivity index (χ3n) is 3.22. The number of aromatic nitrogens is 1. The fourth-order valence-electron chi connectivity index (χ4n) is 2.08. The number of carbonyl (C=O) groups is 1. The number of nitrogens with zero attached hydrogens (tertiary/aromatic N) is 1. The molecule has 1 aliphatic heterocycles. The number of ether oxygens (including phenoxy) is 1. The largest absolute Gasteiger partial charge is 0.467 e. The molecule has 2 rings (SSSR count). The first kappa shape index (κ1) is 22.7. The van der Waals surface area contributed by atoms with Gasteiger partial charge in [0.25, 0.3) is 5.91 Å². The number of rotatable bonds is 5. The van der Waals surface area contributed by atoms with Crippen LogP contribution in [0.1, 0.15) is 10.4 Å². The summed E-state index contributed by atoms with van der Waals surface area (Å²) >= 11 is 0. The molecule has 0 saturated carbocycles. The Balaban J connectivity index is 0.00000264. The fraction of sp³-hybridized carbons (Fsp3) is 0.538. The Morgan fingerprint density at radius 1 is 1.42 bits per heavy atom. The van der Waals surface area contributed by atoms with Gasteiger partial charge in [-0.3, -0.25) is 4.79 Å². The molecule has 1 amide bonds. The number of nitrogens with one attached hydrogen (secondary N) is 2. The second kappa shape index (κ2) is 9.87. The number of β-amino-alcohol motifs (C(OH)–C–C–N with tert-alkyl or cyclic N) is 1. The van der Waals surface area contributed by atoms with E-state index >= 15 is 0 Å². The van der Waals surface area contributed by atoms with Crippen LogP contribution in [0, 0.1) is 5.92 Å².